The van der Waals surface area contributed by atoms with E-state index in [9.17, 15) is 13.2 Å². The number of carbonyl (C=O) groups is 1. The van der Waals surface area contributed by atoms with Crippen LogP contribution in [-0.4, -0.2) is 37.8 Å². The van der Waals surface area contributed by atoms with Gasteiger partial charge in [-0.2, -0.15) is 4.31 Å². The summed E-state index contributed by atoms with van der Waals surface area (Å²) < 4.78 is 26.8. The van der Waals surface area contributed by atoms with Gasteiger partial charge in [0.25, 0.3) is 0 Å². The fraction of sp³-hybridized carbons (Fsp3) is 0.562. The maximum Gasteiger partial charge on any atom is 0.243 e. The first-order chi connectivity index (χ1) is 11.0. The zero-order valence-corrected chi connectivity index (χ0v) is 14.9. The molecule has 2 rings (SSSR count). The van der Waals surface area contributed by atoms with Crippen molar-refractivity contribution < 1.29 is 13.2 Å². The van der Waals surface area contributed by atoms with E-state index in [1.54, 1.807) is 12.1 Å². The normalized spacial score (nSPS) is 19.0. The Bertz CT molecular complexity index is 631. The summed E-state index contributed by atoms with van der Waals surface area (Å²) in [7, 11) is -3.67. The predicted octanol–water partition coefficient (Wildman–Crippen LogP) is 2.80. The summed E-state index contributed by atoms with van der Waals surface area (Å²) in [6.07, 6.45) is 4.30. The fourth-order valence-corrected chi connectivity index (χ4v) is 4.52. The van der Waals surface area contributed by atoms with Gasteiger partial charge in [-0.15, -0.1) is 0 Å². The van der Waals surface area contributed by atoms with Crippen LogP contribution in [0.2, 0.25) is 5.02 Å². The molecule has 0 aromatic heterocycles. The number of carbonyl (C=O) groups excluding carboxylic acids is 1. The third-order valence-electron chi connectivity index (χ3n) is 4.01. The van der Waals surface area contributed by atoms with Gasteiger partial charge in [0.05, 0.1) is 4.90 Å². The Balaban J connectivity index is 2.08. The molecule has 128 valence electrons. The molecule has 7 heteroatoms. The minimum Gasteiger partial charge on any atom is -0.355 e. The summed E-state index contributed by atoms with van der Waals surface area (Å²) in [5.74, 6) is -0.198. The third-order valence-corrected chi connectivity index (χ3v) is 6.18. The lowest BCUT2D eigenvalue weighted by Crippen LogP contribution is -2.46. The van der Waals surface area contributed by atoms with Gasteiger partial charge >= 0.3 is 0 Å². The number of halogens is 1. The van der Waals surface area contributed by atoms with E-state index in [0.29, 0.717) is 31.0 Å². The highest BCUT2D eigenvalue weighted by Crippen LogP contribution is 2.27. The lowest BCUT2D eigenvalue weighted by molar-refractivity contribution is -0.124. The van der Waals surface area contributed by atoms with Gasteiger partial charge in [-0.25, -0.2) is 8.42 Å². The summed E-state index contributed by atoms with van der Waals surface area (Å²) in [4.78, 5) is 12.5. The first kappa shape index (κ1) is 18.2. The second-order valence-electron chi connectivity index (χ2n) is 5.73. The van der Waals surface area contributed by atoms with Crippen molar-refractivity contribution in [1.29, 1.82) is 0 Å². The molecule has 0 spiro atoms. The van der Waals surface area contributed by atoms with Crippen LogP contribution in [0, 0.1) is 0 Å². The lowest BCUT2D eigenvalue weighted by atomic mass is 10.2. The smallest absolute Gasteiger partial charge is 0.243 e. The van der Waals surface area contributed by atoms with Gasteiger partial charge in [0.2, 0.25) is 15.9 Å². The molecule has 1 N–H and O–H groups in total. The minimum absolute atomic E-state index is 0.174. The number of nitrogens with zero attached hydrogens (tertiary/aromatic N) is 1. The molecule has 1 heterocycles. The Hall–Kier alpha value is -1.11. The van der Waals surface area contributed by atoms with Crippen LogP contribution in [0.15, 0.2) is 29.2 Å². The quantitative estimate of drug-likeness (QED) is 0.762. The summed E-state index contributed by atoms with van der Waals surface area (Å²) in [6.45, 7) is 3.06. The molecule has 1 atom stereocenters. The molecule has 5 nitrogen and oxygen atoms in total. The number of nitrogens with one attached hydrogen (secondary N) is 1. The number of sulfonamides is 1. The molecule has 0 bridgehead atoms. The van der Waals surface area contributed by atoms with Crippen molar-refractivity contribution in [2.75, 3.05) is 13.1 Å². The van der Waals surface area contributed by atoms with Gasteiger partial charge in [0, 0.05) is 18.1 Å². The topological polar surface area (TPSA) is 66.5 Å². The lowest BCUT2D eigenvalue weighted by Gasteiger charge is -2.23. The van der Waals surface area contributed by atoms with E-state index in [1.165, 1.54) is 16.4 Å². The van der Waals surface area contributed by atoms with E-state index in [0.717, 1.165) is 19.3 Å². The average Bonchev–Trinajstić information content (AvgIpc) is 3.02. The van der Waals surface area contributed by atoms with Gasteiger partial charge in [-0.3, -0.25) is 4.79 Å². The zero-order valence-electron chi connectivity index (χ0n) is 13.3. The standard InChI is InChI=1S/C16H23ClN2O3S/c1-2-3-4-11-18-16(20)15-6-5-12-19(15)23(21,22)14-9-7-13(17)8-10-14/h7-10,15H,2-6,11-12H2,1H3,(H,18,20)/t15-/m0/s1. The van der Waals surface area contributed by atoms with Crippen LogP contribution < -0.4 is 5.32 Å². The zero-order chi connectivity index (χ0) is 16.9. The highest BCUT2D eigenvalue weighted by Gasteiger charge is 2.39. The summed E-state index contributed by atoms with van der Waals surface area (Å²) >= 11 is 5.81. The van der Waals surface area contributed by atoms with E-state index in [1.807, 2.05) is 0 Å². The van der Waals surface area contributed by atoms with E-state index in [-0.39, 0.29) is 10.8 Å². The minimum atomic E-state index is -3.67. The van der Waals surface area contributed by atoms with E-state index in [4.69, 9.17) is 11.6 Å². The molecule has 1 aromatic rings. The van der Waals surface area contributed by atoms with Crippen molar-refractivity contribution in [1.82, 2.24) is 9.62 Å². The third kappa shape index (κ3) is 4.46. The molecule has 0 aliphatic carbocycles. The monoisotopic (exact) mass is 358 g/mol. The number of benzene rings is 1. The van der Waals surface area contributed by atoms with Gasteiger partial charge in [0.15, 0.2) is 0 Å². The highest BCUT2D eigenvalue weighted by atomic mass is 35.5. The van der Waals surface area contributed by atoms with Gasteiger partial charge < -0.3 is 5.32 Å². The Morgan fingerprint density at radius 3 is 2.65 bits per heavy atom. The van der Waals surface area contributed by atoms with Crippen molar-refractivity contribution in [3.05, 3.63) is 29.3 Å². The molecule has 0 radical (unpaired) electrons. The van der Waals surface area contributed by atoms with Crippen molar-refractivity contribution in [3.8, 4) is 0 Å². The summed E-state index contributed by atoms with van der Waals surface area (Å²) in [5.41, 5.74) is 0. The van der Waals surface area contributed by atoms with Crippen LogP contribution in [0.1, 0.15) is 39.0 Å². The van der Waals surface area contributed by atoms with E-state index in [2.05, 4.69) is 12.2 Å². The van der Waals surface area contributed by atoms with Gasteiger partial charge in [0.1, 0.15) is 6.04 Å². The molecule has 1 amide bonds. The molecule has 0 saturated carbocycles. The first-order valence-corrected chi connectivity index (χ1v) is 9.83. The summed E-state index contributed by atoms with van der Waals surface area (Å²) in [5, 5.41) is 3.34. The Kier molecular flexibility index (Phi) is 6.44. The second kappa shape index (κ2) is 8.13. The van der Waals surface area contributed by atoms with Crippen LogP contribution in [0.5, 0.6) is 0 Å². The maximum absolute atomic E-state index is 12.7. The second-order valence-corrected chi connectivity index (χ2v) is 8.05. The molecule has 1 fully saturated rings. The van der Waals surface area contributed by atoms with Crippen LogP contribution in [0.4, 0.5) is 0 Å². The number of amides is 1. The van der Waals surface area contributed by atoms with Gasteiger partial charge in [-0.1, -0.05) is 31.4 Å². The van der Waals surface area contributed by atoms with Crippen molar-refractivity contribution >= 4 is 27.5 Å². The fourth-order valence-electron chi connectivity index (χ4n) is 2.74. The van der Waals surface area contributed by atoms with Crippen LogP contribution in [0.25, 0.3) is 0 Å². The molecule has 1 saturated heterocycles. The van der Waals surface area contributed by atoms with Crippen LogP contribution in [-0.2, 0) is 14.8 Å². The average molecular weight is 359 g/mol. The highest BCUT2D eigenvalue weighted by molar-refractivity contribution is 7.89. The molecule has 1 aromatic carbocycles. The summed E-state index contributed by atoms with van der Waals surface area (Å²) in [6, 6.07) is 5.44. The van der Waals surface area contributed by atoms with E-state index >= 15 is 0 Å². The predicted molar refractivity (Wildman–Crippen MR) is 90.9 cm³/mol. The van der Waals surface area contributed by atoms with Crippen LogP contribution >= 0.6 is 11.6 Å². The number of unbranched alkanes of at least 4 members (excludes halogenated alkanes) is 2. The number of rotatable bonds is 7. The molecule has 1 aliphatic heterocycles. The first-order valence-electron chi connectivity index (χ1n) is 8.02. The van der Waals surface area contributed by atoms with E-state index < -0.39 is 16.1 Å². The van der Waals surface area contributed by atoms with Crippen molar-refractivity contribution in [2.24, 2.45) is 0 Å². The Morgan fingerprint density at radius 1 is 1.30 bits per heavy atom. The molecule has 1 aliphatic rings. The molecule has 23 heavy (non-hydrogen) atoms. The van der Waals surface area contributed by atoms with Crippen molar-refractivity contribution in [2.45, 2.75) is 50.0 Å². The van der Waals surface area contributed by atoms with Crippen LogP contribution in [0.3, 0.4) is 0 Å². The largest absolute Gasteiger partial charge is 0.355 e. The molecular weight excluding hydrogens is 336 g/mol. The Labute approximate surface area is 143 Å². The molecular formula is C16H23ClN2O3S. The Morgan fingerprint density at radius 2 is 2.00 bits per heavy atom. The van der Waals surface area contributed by atoms with Gasteiger partial charge in [-0.05, 0) is 43.5 Å². The SMILES string of the molecule is CCCCCNC(=O)[C@@H]1CCCN1S(=O)(=O)c1ccc(Cl)cc1. The number of hydrogen-bond acceptors (Lipinski definition) is 3. The van der Waals surface area contributed by atoms with Crippen molar-refractivity contribution in [3.63, 3.8) is 0 Å². The molecule has 0 unspecified atom stereocenters. The number of hydrogen-bond donors (Lipinski definition) is 1. The maximum atomic E-state index is 12.7.